The Morgan fingerprint density at radius 2 is 1.61 bits per heavy atom. The van der Waals surface area contributed by atoms with Crippen LogP contribution in [0.15, 0.2) is 66.7 Å². The largest absolute Gasteiger partial charge is 0.383 e. The van der Waals surface area contributed by atoms with Crippen molar-refractivity contribution in [2.45, 2.75) is 0 Å². The molecule has 3 rings (SSSR count). The van der Waals surface area contributed by atoms with Gasteiger partial charge in [-0.25, -0.2) is 4.39 Å². The molecule has 116 valence electrons. The Labute approximate surface area is 134 Å². The monoisotopic (exact) mass is 308 g/mol. The van der Waals surface area contributed by atoms with Gasteiger partial charge < -0.3 is 10.6 Å². The van der Waals surface area contributed by atoms with E-state index in [2.05, 4.69) is 28.8 Å². The molecule has 0 aliphatic rings. The molecule has 0 radical (unpaired) electrons. The Hall–Kier alpha value is -2.88. The maximum absolute atomic E-state index is 12.8. The van der Waals surface area contributed by atoms with Gasteiger partial charge >= 0.3 is 0 Å². The van der Waals surface area contributed by atoms with Crippen molar-refractivity contribution in [2.75, 3.05) is 18.4 Å². The lowest BCUT2D eigenvalue weighted by Crippen LogP contribution is -2.28. The van der Waals surface area contributed by atoms with Crippen LogP contribution in [0.2, 0.25) is 0 Å². The summed E-state index contributed by atoms with van der Waals surface area (Å²) < 4.78 is 12.8. The Bertz CT molecular complexity index is 810. The molecule has 0 atom stereocenters. The van der Waals surface area contributed by atoms with Gasteiger partial charge in [-0.1, -0.05) is 36.4 Å². The van der Waals surface area contributed by atoms with Gasteiger partial charge in [-0.15, -0.1) is 0 Å². The second kappa shape index (κ2) is 6.92. The third-order valence-electron chi connectivity index (χ3n) is 3.62. The number of carbonyl (C=O) groups excluding carboxylic acids is 1. The van der Waals surface area contributed by atoms with Crippen LogP contribution in [0.3, 0.4) is 0 Å². The average molecular weight is 308 g/mol. The van der Waals surface area contributed by atoms with Crippen LogP contribution in [0.4, 0.5) is 10.1 Å². The fourth-order valence-corrected chi connectivity index (χ4v) is 2.46. The normalized spacial score (nSPS) is 10.5. The molecule has 0 saturated carbocycles. The van der Waals surface area contributed by atoms with E-state index in [0.29, 0.717) is 18.7 Å². The van der Waals surface area contributed by atoms with Gasteiger partial charge in [0.05, 0.1) is 0 Å². The molecule has 0 aliphatic carbocycles. The summed E-state index contributed by atoms with van der Waals surface area (Å²) in [6.45, 7) is 1.10. The predicted molar refractivity (Wildman–Crippen MR) is 91.2 cm³/mol. The zero-order valence-corrected chi connectivity index (χ0v) is 12.6. The highest BCUT2D eigenvalue weighted by Gasteiger charge is 2.04. The molecule has 4 heteroatoms. The van der Waals surface area contributed by atoms with Crippen LogP contribution in [0, 0.1) is 5.82 Å². The number of benzene rings is 3. The van der Waals surface area contributed by atoms with Crippen molar-refractivity contribution in [1.29, 1.82) is 0 Å². The number of hydrogen-bond acceptors (Lipinski definition) is 2. The first kappa shape index (κ1) is 15.0. The van der Waals surface area contributed by atoms with Gasteiger partial charge in [0.2, 0.25) is 0 Å². The zero-order chi connectivity index (χ0) is 16.1. The van der Waals surface area contributed by atoms with Gasteiger partial charge in [0.25, 0.3) is 5.91 Å². The van der Waals surface area contributed by atoms with Gasteiger partial charge in [-0.2, -0.15) is 0 Å². The van der Waals surface area contributed by atoms with E-state index in [1.165, 1.54) is 29.7 Å². The van der Waals surface area contributed by atoms with E-state index < -0.39 is 0 Å². The maximum atomic E-state index is 12.8. The highest BCUT2D eigenvalue weighted by Crippen LogP contribution is 2.22. The van der Waals surface area contributed by atoms with Gasteiger partial charge in [-0.05, 0) is 35.7 Å². The molecule has 0 fully saturated rings. The molecular weight excluding hydrogens is 291 g/mol. The molecule has 2 N–H and O–H groups in total. The fourth-order valence-electron chi connectivity index (χ4n) is 2.46. The Balaban J connectivity index is 1.55. The van der Waals surface area contributed by atoms with Crippen molar-refractivity contribution in [1.82, 2.24) is 5.32 Å². The van der Waals surface area contributed by atoms with Crippen LogP contribution in [-0.4, -0.2) is 19.0 Å². The molecule has 0 aliphatic heterocycles. The second-order valence-electron chi connectivity index (χ2n) is 5.22. The lowest BCUT2D eigenvalue weighted by Gasteiger charge is -2.10. The number of rotatable bonds is 5. The first-order valence-electron chi connectivity index (χ1n) is 7.49. The highest BCUT2D eigenvalue weighted by molar-refractivity contribution is 5.94. The van der Waals surface area contributed by atoms with Crippen molar-refractivity contribution < 1.29 is 9.18 Å². The molecule has 3 aromatic carbocycles. The molecule has 23 heavy (non-hydrogen) atoms. The zero-order valence-electron chi connectivity index (χ0n) is 12.6. The summed E-state index contributed by atoms with van der Waals surface area (Å²) in [5.41, 5.74) is 1.50. The van der Waals surface area contributed by atoms with Crippen molar-refractivity contribution in [3.8, 4) is 0 Å². The van der Waals surface area contributed by atoms with Crippen molar-refractivity contribution >= 4 is 22.4 Å². The predicted octanol–water partition coefficient (Wildman–Crippen LogP) is 3.82. The summed E-state index contributed by atoms with van der Waals surface area (Å²) in [6.07, 6.45) is 0. The number of hydrogen-bond donors (Lipinski definition) is 2. The molecule has 1 amide bonds. The molecular formula is C19H17FN2O. The number of carbonyl (C=O) groups is 1. The second-order valence-corrected chi connectivity index (χ2v) is 5.22. The summed E-state index contributed by atoms with van der Waals surface area (Å²) in [5, 5.41) is 8.47. The number of fused-ring (bicyclic) bond motifs is 1. The van der Waals surface area contributed by atoms with Gasteiger partial charge in [-0.3, -0.25) is 4.79 Å². The topological polar surface area (TPSA) is 41.1 Å². The Kier molecular flexibility index (Phi) is 4.52. The number of nitrogens with one attached hydrogen (secondary N) is 2. The quantitative estimate of drug-likeness (QED) is 0.704. The SMILES string of the molecule is O=C(NCCNc1cccc2ccccc12)c1ccc(F)cc1. The van der Waals surface area contributed by atoms with E-state index in [4.69, 9.17) is 0 Å². The minimum absolute atomic E-state index is 0.204. The van der Waals surface area contributed by atoms with E-state index in [1.807, 2.05) is 24.3 Å². The molecule has 0 unspecified atom stereocenters. The number of halogens is 1. The van der Waals surface area contributed by atoms with Crippen LogP contribution in [0.5, 0.6) is 0 Å². The van der Waals surface area contributed by atoms with Crippen molar-refractivity contribution in [3.63, 3.8) is 0 Å². The highest BCUT2D eigenvalue weighted by atomic mass is 19.1. The summed E-state index contributed by atoms with van der Waals surface area (Å²) in [6, 6.07) is 19.7. The molecule has 0 bridgehead atoms. The van der Waals surface area contributed by atoms with Gasteiger partial charge in [0, 0.05) is 29.7 Å². The summed E-state index contributed by atoms with van der Waals surface area (Å²) in [4.78, 5) is 11.9. The van der Waals surface area contributed by atoms with E-state index >= 15 is 0 Å². The first-order valence-corrected chi connectivity index (χ1v) is 7.49. The van der Waals surface area contributed by atoms with Crippen LogP contribution < -0.4 is 10.6 Å². The lowest BCUT2D eigenvalue weighted by molar-refractivity contribution is 0.0955. The lowest BCUT2D eigenvalue weighted by atomic mass is 10.1. The van der Waals surface area contributed by atoms with Crippen LogP contribution in [0.25, 0.3) is 10.8 Å². The van der Waals surface area contributed by atoms with E-state index in [9.17, 15) is 9.18 Å². The average Bonchev–Trinajstić information content (AvgIpc) is 2.59. The van der Waals surface area contributed by atoms with E-state index in [-0.39, 0.29) is 11.7 Å². The molecule has 0 heterocycles. The van der Waals surface area contributed by atoms with Crippen molar-refractivity contribution in [3.05, 3.63) is 78.1 Å². The Morgan fingerprint density at radius 1 is 0.870 bits per heavy atom. The molecule has 0 aromatic heterocycles. The molecule has 3 nitrogen and oxygen atoms in total. The summed E-state index contributed by atoms with van der Waals surface area (Å²) in [7, 11) is 0. The minimum Gasteiger partial charge on any atom is -0.383 e. The standard InChI is InChI=1S/C19H17FN2O/c20-16-10-8-15(9-11-16)19(23)22-13-12-21-18-7-3-5-14-4-1-2-6-17(14)18/h1-11,21H,12-13H2,(H,22,23). The molecule has 0 saturated heterocycles. The van der Waals surface area contributed by atoms with E-state index in [0.717, 1.165) is 11.1 Å². The van der Waals surface area contributed by atoms with Crippen molar-refractivity contribution in [2.24, 2.45) is 0 Å². The summed E-state index contributed by atoms with van der Waals surface area (Å²) in [5.74, 6) is -0.552. The van der Waals surface area contributed by atoms with Crippen LogP contribution in [0.1, 0.15) is 10.4 Å². The Morgan fingerprint density at radius 3 is 2.43 bits per heavy atom. The molecule has 3 aromatic rings. The summed E-state index contributed by atoms with van der Waals surface area (Å²) >= 11 is 0. The minimum atomic E-state index is -0.348. The molecule has 0 spiro atoms. The van der Waals surface area contributed by atoms with E-state index in [1.54, 1.807) is 0 Å². The number of anilines is 1. The third-order valence-corrected chi connectivity index (χ3v) is 3.62. The number of amides is 1. The van der Waals surface area contributed by atoms with Crippen LogP contribution in [-0.2, 0) is 0 Å². The van der Waals surface area contributed by atoms with Crippen LogP contribution >= 0.6 is 0 Å². The first-order chi connectivity index (χ1) is 11.2. The maximum Gasteiger partial charge on any atom is 0.251 e. The smallest absolute Gasteiger partial charge is 0.251 e. The van der Waals surface area contributed by atoms with Gasteiger partial charge in [0.15, 0.2) is 0 Å². The van der Waals surface area contributed by atoms with Gasteiger partial charge in [0.1, 0.15) is 5.82 Å². The third kappa shape index (κ3) is 3.66. The fraction of sp³-hybridized carbons (Fsp3) is 0.105.